The van der Waals surface area contributed by atoms with Crippen LogP contribution in [0, 0.1) is 28.6 Å². The largest absolute Gasteiger partial charge is 0.475 e. The molecule has 2 aliphatic rings. The maximum Gasteiger partial charge on any atom is 0.253 e. The normalized spacial score (nSPS) is 14.1. The predicted molar refractivity (Wildman–Crippen MR) is 226 cm³/mol. The molecule has 7 N–H and O–H groups in total. The Labute approximate surface area is 341 Å². The first kappa shape index (κ1) is 41.7. The monoisotopic (exact) mass is 797 g/mol. The van der Waals surface area contributed by atoms with Crippen molar-refractivity contribution in [2.75, 3.05) is 67.3 Å². The maximum atomic E-state index is 9.28. The average Bonchev–Trinajstić information content (AvgIpc) is 3.97. The van der Waals surface area contributed by atoms with Crippen LogP contribution in [0.5, 0.6) is 11.8 Å². The van der Waals surface area contributed by atoms with E-state index in [1.165, 1.54) is 12.4 Å². The van der Waals surface area contributed by atoms with Gasteiger partial charge in [0.15, 0.2) is 11.6 Å². The highest BCUT2D eigenvalue weighted by molar-refractivity contribution is 5.95. The maximum absolute atomic E-state index is 9.28. The number of aromatic nitrogens is 6. The third kappa shape index (κ3) is 11.4. The van der Waals surface area contributed by atoms with E-state index >= 15 is 0 Å². The van der Waals surface area contributed by atoms with Gasteiger partial charge in [-0.25, -0.2) is 19.9 Å². The highest BCUT2D eigenvalue weighted by Gasteiger charge is 2.23. The number of benzene rings is 2. The summed E-state index contributed by atoms with van der Waals surface area (Å²) in [6.45, 7) is 7.23. The Hall–Kier alpha value is -6.92. The van der Waals surface area contributed by atoms with Crippen molar-refractivity contribution in [2.24, 2.45) is 5.92 Å². The van der Waals surface area contributed by atoms with Crippen molar-refractivity contribution in [3.63, 3.8) is 0 Å². The smallest absolute Gasteiger partial charge is 0.253 e. The fraction of sp³-hybridized carbons (Fsp3) is 0.333. The summed E-state index contributed by atoms with van der Waals surface area (Å²) < 4.78 is 11.5. The Kier molecular flexibility index (Phi) is 14.9. The molecule has 1 atom stereocenters. The fourth-order valence-electron chi connectivity index (χ4n) is 6.00. The summed E-state index contributed by atoms with van der Waals surface area (Å²) in [7, 11) is 0. The van der Waals surface area contributed by atoms with Crippen molar-refractivity contribution in [3.8, 4) is 23.9 Å². The molecule has 0 radical (unpaired) electrons. The van der Waals surface area contributed by atoms with E-state index in [2.05, 4.69) is 56.5 Å². The second kappa shape index (κ2) is 21.0. The number of aliphatic hydroxyl groups excluding tert-OH is 2. The zero-order valence-corrected chi connectivity index (χ0v) is 32.9. The van der Waals surface area contributed by atoms with Crippen molar-refractivity contribution in [1.29, 1.82) is 10.5 Å². The predicted octanol–water partition coefficient (Wildman–Crippen LogP) is 5.64. The number of nitrogens with zero attached hydrogens (tertiary/aromatic N) is 8. The van der Waals surface area contributed by atoms with Crippen molar-refractivity contribution in [3.05, 3.63) is 84.7 Å². The van der Waals surface area contributed by atoms with E-state index in [0.29, 0.717) is 48.9 Å². The van der Waals surface area contributed by atoms with E-state index in [9.17, 15) is 10.5 Å². The highest BCUT2D eigenvalue weighted by Crippen LogP contribution is 2.31. The van der Waals surface area contributed by atoms with E-state index in [0.717, 1.165) is 65.3 Å². The molecule has 17 heteroatoms. The summed E-state index contributed by atoms with van der Waals surface area (Å²) in [5.41, 5.74) is 2.17. The Morgan fingerprint density at radius 1 is 0.712 bits per heavy atom. The molecule has 4 aromatic heterocycles. The third-order valence-corrected chi connectivity index (χ3v) is 9.04. The van der Waals surface area contributed by atoms with E-state index in [4.69, 9.17) is 19.7 Å². The van der Waals surface area contributed by atoms with Crippen LogP contribution in [-0.4, -0.2) is 92.2 Å². The molecule has 59 heavy (non-hydrogen) atoms. The number of hydrogen-bond acceptors (Lipinski definition) is 17. The quantitative estimate of drug-likeness (QED) is 0.0664. The van der Waals surface area contributed by atoms with Gasteiger partial charge in [0, 0.05) is 54.2 Å². The van der Waals surface area contributed by atoms with E-state index in [-0.39, 0.29) is 42.5 Å². The molecule has 0 bridgehead atoms. The first-order valence-electron chi connectivity index (χ1n) is 19.6. The molecule has 1 aliphatic heterocycles. The average molecular weight is 798 g/mol. The first-order valence-corrected chi connectivity index (χ1v) is 19.6. The second-order valence-electron chi connectivity index (χ2n) is 13.3. The van der Waals surface area contributed by atoms with Gasteiger partial charge in [-0.15, -0.1) is 0 Å². The van der Waals surface area contributed by atoms with Gasteiger partial charge < -0.3 is 46.3 Å². The number of anilines is 6. The van der Waals surface area contributed by atoms with Crippen molar-refractivity contribution >= 4 is 56.2 Å². The van der Waals surface area contributed by atoms with Gasteiger partial charge in [-0.3, -0.25) is 0 Å². The number of ether oxygens (including phenoxy) is 2. The number of aliphatic hydroxyl groups is 2. The number of fused-ring (bicyclic) bond motifs is 2. The number of pyridine rings is 2. The summed E-state index contributed by atoms with van der Waals surface area (Å²) in [5.74, 6) is 3.15. The molecule has 17 nitrogen and oxygen atoms in total. The minimum atomic E-state index is -0.0183. The summed E-state index contributed by atoms with van der Waals surface area (Å²) in [5, 5.41) is 56.2. The molecule has 0 spiro atoms. The second-order valence-corrected chi connectivity index (χ2v) is 13.3. The van der Waals surface area contributed by atoms with Gasteiger partial charge in [0.1, 0.15) is 29.9 Å². The Balaban J connectivity index is 0.000000191. The molecule has 1 aliphatic carbocycles. The molecule has 2 fully saturated rings. The van der Waals surface area contributed by atoms with Gasteiger partial charge >= 0.3 is 0 Å². The van der Waals surface area contributed by atoms with Gasteiger partial charge in [-0.2, -0.15) is 20.5 Å². The summed E-state index contributed by atoms with van der Waals surface area (Å²) >= 11 is 0. The van der Waals surface area contributed by atoms with Crippen molar-refractivity contribution < 1.29 is 19.7 Å². The van der Waals surface area contributed by atoms with Crippen LogP contribution < -0.4 is 36.1 Å². The van der Waals surface area contributed by atoms with Crippen LogP contribution in [0.2, 0.25) is 0 Å². The molecular weight excluding hydrogens is 751 g/mol. The minimum Gasteiger partial charge on any atom is -0.475 e. The van der Waals surface area contributed by atoms with Gasteiger partial charge in [0.2, 0.25) is 11.4 Å². The molecule has 8 rings (SSSR count). The van der Waals surface area contributed by atoms with E-state index in [1.807, 2.05) is 74.5 Å². The molecule has 1 saturated heterocycles. The molecular formula is C42H47N13O4. The third-order valence-electron chi connectivity index (χ3n) is 9.04. The Morgan fingerprint density at radius 3 is 1.75 bits per heavy atom. The van der Waals surface area contributed by atoms with E-state index < -0.39 is 0 Å². The minimum absolute atomic E-state index is 0.0183. The Bertz CT molecular complexity index is 2410. The number of nitriles is 2. The molecule has 0 amide bonds. The van der Waals surface area contributed by atoms with Crippen molar-refractivity contribution in [1.82, 2.24) is 35.2 Å². The summed E-state index contributed by atoms with van der Waals surface area (Å²) in [6.07, 6.45) is 9.66. The number of nitrogens with one attached hydrogen (secondary N) is 5. The lowest BCUT2D eigenvalue weighted by Gasteiger charge is -2.14. The van der Waals surface area contributed by atoms with Crippen LogP contribution in [-0.2, 0) is 0 Å². The first-order chi connectivity index (χ1) is 29.0. The number of hydrogen-bond donors (Lipinski definition) is 7. The zero-order chi connectivity index (χ0) is 41.4. The van der Waals surface area contributed by atoms with Crippen LogP contribution in [0.15, 0.2) is 73.3 Å². The SMILES string of the molecule is CC.N#Cc1ncc(Nc2cc3cccc(NCCO)c3cn2)nc1OC1CCNC1.N#Cc1ncc(Nc2cc3cccc(NCCO)c3cn2)nc1OCC1CC1. The van der Waals surface area contributed by atoms with Crippen LogP contribution in [0.4, 0.5) is 34.6 Å². The van der Waals surface area contributed by atoms with E-state index in [1.54, 1.807) is 12.4 Å². The van der Waals surface area contributed by atoms with Crippen LogP contribution in [0.1, 0.15) is 44.5 Å². The zero-order valence-electron chi connectivity index (χ0n) is 32.9. The molecule has 1 unspecified atom stereocenters. The molecule has 6 aromatic rings. The Morgan fingerprint density at radius 2 is 1.25 bits per heavy atom. The summed E-state index contributed by atoms with van der Waals surface area (Å²) in [4.78, 5) is 26.0. The fourth-order valence-corrected chi connectivity index (χ4v) is 6.00. The lowest BCUT2D eigenvalue weighted by atomic mass is 10.1. The topological polar surface area (TPSA) is 244 Å². The van der Waals surface area contributed by atoms with Gasteiger partial charge in [0.25, 0.3) is 11.8 Å². The highest BCUT2D eigenvalue weighted by atomic mass is 16.5. The summed E-state index contributed by atoms with van der Waals surface area (Å²) in [6, 6.07) is 19.6. The molecule has 304 valence electrons. The van der Waals surface area contributed by atoms with Crippen molar-refractivity contribution in [2.45, 2.75) is 39.2 Å². The van der Waals surface area contributed by atoms with Crippen LogP contribution in [0.3, 0.4) is 0 Å². The van der Waals surface area contributed by atoms with Gasteiger partial charge in [-0.05, 0) is 66.8 Å². The molecule has 5 heterocycles. The van der Waals surface area contributed by atoms with Gasteiger partial charge in [-0.1, -0.05) is 38.1 Å². The molecule has 2 aromatic carbocycles. The standard InChI is InChI=1S/C20H21N7O2.C20H20N6O2.C2H6/c21-9-17-20(29-14-4-5-22-10-14)27-19(12-24-17)26-18-8-13-2-1-3-16(23-6-7-28)15(13)11-25-18;21-9-17-20(28-12-13-4-5-13)26-19(11-23-17)25-18-8-14-2-1-3-16(22-6-7-27)15(14)10-24-18;1-2/h1-3,8,11-12,14,22-23,28H,4-7,10H2,(H,25,26,27);1-3,8,10-11,13,22,27H,4-7,12H2,(H,24,25,26);1-2H3. The van der Waals surface area contributed by atoms with Crippen LogP contribution >= 0.6 is 0 Å². The number of rotatable bonds is 15. The van der Waals surface area contributed by atoms with Crippen LogP contribution in [0.25, 0.3) is 21.5 Å². The lowest BCUT2D eigenvalue weighted by molar-refractivity contribution is 0.212. The van der Waals surface area contributed by atoms with Gasteiger partial charge in [0.05, 0.1) is 32.2 Å². The molecule has 1 saturated carbocycles. The lowest BCUT2D eigenvalue weighted by Crippen LogP contribution is -2.21.